The van der Waals surface area contributed by atoms with Gasteiger partial charge in [0.25, 0.3) is 16.8 Å². The number of nitro benzene ring substituents is 1. The van der Waals surface area contributed by atoms with E-state index in [1.54, 1.807) is 6.07 Å². The first-order valence-electron chi connectivity index (χ1n) is 11.9. The summed E-state index contributed by atoms with van der Waals surface area (Å²) in [6, 6.07) is 14.3. The average Bonchev–Trinajstić information content (AvgIpc) is 3.18. The second-order valence-electron chi connectivity index (χ2n) is 8.81. The molecule has 41 heavy (non-hydrogen) atoms. The highest BCUT2D eigenvalue weighted by atomic mass is 32.2. The number of nitrogens with zero attached hydrogens (tertiary/aromatic N) is 2. The van der Waals surface area contributed by atoms with E-state index in [0.29, 0.717) is 23.0 Å². The number of amides is 3. The first kappa shape index (κ1) is 29.3. The van der Waals surface area contributed by atoms with E-state index in [0.717, 1.165) is 28.2 Å². The van der Waals surface area contributed by atoms with Gasteiger partial charge in [0.2, 0.25) is 5.91 Å². The number of para-hydroxylation sites is 1. The van der Waals surface area contributed by atoms with Crippen LogP contribution in [0.1, 0.15) is 16.7 Å². The lowest BCUT2D eigenvalue weighted by molar-refractivity contribution is -0.387. The second kappa shape index (κ2) is 11.8. The molecule has 0 unspecified atom stereocenters. The number of hydrogen-bond acceptors (Lipinski definition) is 10. The van der Waals surface area contributed by atoms with Crippen molar-refractivity contribution in [1.29, 1.82) is 0 Å². The van der Waals surface area contributed by atoms with E-state index in [2.05, 4.69) is 5.32 Å². The summed E-state index contributed by atoms with van der Waals surface area (Å²) >= 11 is 0.647. The quantitative estimate of drug-likeness (QED) is 0.159. The zero-order valence-electron chi connectivity index (χ0n) is 21.9. The van der Waals surface area contributed by atoms with Crippen molar-refractivity contribution in [3.8, 4) is 11.5 Å². The van der Waals surface area contributed by atoms with Crippen molar-refractivity contribution in [2.45, 2.75) is 18.7 Å². The molecule has 0 saturated carbocycles. The highest BCUT2D eigenvalue weighted by Crippen LogP contribution is 2.36. The van der Waals surface area contributed by atoms with Gasteiger partial charge in [-0.05, 0) is 72.6 Å². The molecule has 4 rings (SSSR count). The molecular weight excluding hydrogens is 574 g/mol. The number of rotatable bonds is 9. The normalized spacial score (nSPS) is 14.3. The van der Waals surface area contributed by atoms with Gasteiger partial charge >= 0.3 is 10.1 Å². The zero-order chi connectivity index (χ0) is 29.9. The van der Waals surface area contributed by atoms with Crippen molar-refractivity contribution >= 4 is 56.4 Å². The smallest absolute Gasteiger partial charge is 0.346 e. The monoisotopic (exact) mass is 597 g/mol. The number of carbonyl (C=O) groups is 3. The van der Waals surface area contributed by atoms with E-state index in [4.69, 9.17) is 8.92 Å². The molecule has 3 amide bonds. The molecule has 0 aliphatic carbocycles. The molecule has 1 aliphatic rings. The molecule has 0 radical (unpaired) electrons. The number of thioether (sulfide) groups is 1. The SMILES string of the molecule is COc1cc(/C=C2\SC(=O)N(CC(=O)Nc3cc(C)ccc3C)C2=O)ccc1OS(=O)(=O)c1ccccc1[N+](=O)[O-]. The third kappa shape index (κ3) is 6.56. The maximum Gasteiger partial charge on any atom is 0.346 e. The van der Waals surface area contributed by atoms with Crippen LogP contribution in [0.3, 0.4) is 0 Å². The molecule has 1 N–H and O–H groups in total. The Kier molecular flexibility index (Phi) is 8.44. The van der Waals surface area contributed by atoms with Crippen molar-refractivity contribution in [2.24, 2.45) is 0 Å². The van der Waals surface area contributed by atoms with Crippen LogP contribution >= 0.6 is 11.8 Å². The average molecular weight is 598 g/mol. The summed E-state index contributed by atoms with van der Waals surface area (Å²) in [6.07, 6.45) is 1.39. The van der Waals surface area contributed by atoms with Crippen LogP contribution in [0.2, 0.25) is 0 Å². The molecule has 14 heteroatoms. The fourth-order valence-electron chi connectivity index (χ4n) is 3.82. The Morgan fingerprint density at radius 1 is 1.07 bits per heavy atom. The maximum atomic E-state index is 12.9. The predicted octanol–water partition coefficient (Wildman–Crippen LogP) is 4.66. The topological polar surface area (TPSA) is 162 Å². The minimum Gasteiger partial charge on any atom is -0.493 e. The molecule has 1 aliphatic heterocycles. The summed E-state index contributed by atoms with van der Waals surface area (Å²) in [5, 5.41) is 13.4. The van der Waals surface area contributed by atoms with Crippen molar-refractivity contribution < 1.29 is 36.6 Å². The molecule has 1 heterocycles. The van der Waals surface area contributed by atoms with Gasteiger partial charge < -0.3 is 14.2 Å². The van der Waals surface area contributed by atoms with Crippen LogP contribution in [0, 0.1) is 24.0 Å². The minimum atomic E-state index is -4.60. The van der Waals surface area contributed by atoms with Crippen LogP contribution in [0.15, 0.2) is 70.5 Å². The third-order valence-electron chi connectivity index (χ3n) is 5.86. The van der Waals surface area contributed by atoms with Gasteiger partial charge in [-0.1, -0.05) is 30.3 Å². The van der Waals surface area contributed by atoms with E-state index in [1.807, 2.05) is 26.0 Å². The number of carbonyl (C=O) groups excluding carboxylic acids is 3. The Balaban J connectivity index is 1.51. The van der Waals surface area contributed by atoms with Gasteiger partial charge in [-0.2, -0.15) is 8.42 Å². The number of anilines is 1. The van der Waals surface area contributed by atoms with E-state index >= 15 is 0 Å². The van der Waals surface area contributed by atoms with Crippen LogP contribution in [-0.4, -0.2) is 48.9 Å². The number of imide groups is 1. The number of hydrogen-bond donors (Lipinski definition) is 1. The van der Waals surface area contributed by atoms with E-state index < -0.39 is 49.2 Å². The molecule has 0 aromatic heterocycles. The van der Waals surface area contributed by atoms with Crippen LogP contribution in [0.25, 0.3) is 6.08 Å². The molecule has 1 saturated heterocycles. The summed E-state index contributed by atoms with van der Waals surface area (Å²) < 4.78 is 36.0. The van der Waals surface area contributed by atoms with E-state index in [-0.39, 0.29) is 16.4 Å². The summed E-state index contributed by atoms with van der Waals surface area (Å²) in [5.74, 6) is -1.51. The highest BCUT2D eigenvalue weighted by Gasteiger charge is 2.36. The van der Waals surface area contributed by atoms with Gasteiger partial charge in [-0.3, -0.25) is 29.4 Å². The van der Waals surface area contributed by atoms with Gasteiger partial charge in [-0.15, -0.1) is 0 Å². The number of ether oxygens (including phenoxy) is 1. The number of methoxy groups -OCH3 is 1. The van der Waals surface area contributed by atoms with Crippen LogP contribution < -0.4 is 14.2 Å². The first-order chi connectivity index (χ1) is 19.4. The second-order valence-corrected chi connectivity index (χ2v) is 11.3. The highest BCUT2D eigenvalue weighted by molar-refractivity contribution is 8.18. The van der Waals surface area contributed by atoms with E-state index in [9.17, 15) is 32.9 Å². The molecule has 12 nitrogen and oxygen atoms in total. The summed E-state index contributed by atoms with van der Waals surface area (Å²) in [7, 11) is -3.35. The van der Waals surface area contributed by atoms with Crippen molar-refractivity contribution in [3.63, 3.8) is 0 Å². The third-order valence-corrected chi connectivity index (χ3v) is 8.05. The Morgan fingerprint density at radius 2 is 1.80 bits per heavy atom. The molecular formula is C27H23N3O9S2. The molecule has 1 fully saturated rings. The largest absolute Gasteiger partial charge is 0.493 e. The number of aryl methyl sites for hydroxylation is 2. The molecule has 0 spiro atoms. The maximum absolute atomic E-state index is 12.9. The van der Waals surface area contributed by atoms with Crippen LogP contribution in [0.5, 0.6) is 11.5 Å². The Labute approximate surface area is 239 Å². The fourth-order valence-corrected chi connectivity index (χ4v) is 5.76. The van der Waals surface area contributed by atoms with E-state index in [1.165, 1.54) is 43.5 Å². The van der Waals surface area contributed by atoms with Crippen molar-refractivity contribution in [1.82, 2.24) is 4.90 Å². The lowest BCUT2D eigenvalue weighted by Crippen LogP contribution is -2.36. The minimum absolute atomic E-state index is 0.0396. The van der Waals surface area contributed by atoms with Crippen LogP contribution in [0.4, 0.5) is 16.2 Å². The van der Waals surface area contributed by atoms with Gasteiger partial charge in [0.05, 0.1) is 16.9 Å². The predicted molar refractivity (Wildman–Crippen MR) is 151 cm³/mol. The lowest BCUT2D eigenvalue weighted by Gasteiger charge is -2.14. The summed E-state index contributed by atoms with van der Waals surface area (Å²) in [5.41, 5.74) is 2.06. The fraction of sp³-hybridized carbons (Fsp3) is 0.148. The zero-order valence-corrected chi connectivity index (χ0v) is 23.6. The lowest BCUT2D eigenvalue weighted by atomic mass is 10.1. The Bertz CT molecular complexity index is 1720. The summed E-state index contributed by atoms with van der Waals surface area (Å²) in [6.45, 7) is 3.22. The Morgan fingerprint density at radius 3 is 2.51 bits per heavy atom. The van der Waals surface area contributed by atoms with Crippen LogP contribution in [-0.2, 0) is 19.7 Å². The molecule has 3 aromatic rings. The number of benzene rings is 3. The Hall–Kier alpha value is -4.69. The van der Waals surface area contributed by atoms with Gasteiger partial charge in [0.1, 0.15) is 6.54 Å². The van der Waals surface area contributed by atoms with Gasteiger partial charge in [0.15, 0.2) is 16.4 Å². The molecule has 0 atom stereocenters. The molecule has 3 aromatic carbocycles. The molecule has 0 bridgehead atoms. The van der Waals surface area contributed by atoms with Crippen molar-refractivity contribution in [3.05, 3.63) is 92.4 Å². The van der Waals surface area contributed by atoms with Gasteiger partial charge in [-0.25, -0.2) is 0 Å². The van der Waals surface area contributed by atoms with Gasteiger partial charge in [0, 0.05) is 11.8 Å². The first-order valence-corrected chi connectivity index (χ1v) is 14.1. The van der Waals surface area contributed by atoms with Crippen molar-refractivity contribution in [2.75, 3.05) is 19.0 Å². The summed E-state index contributed by atoms with van der Waals surface area (Å²) in [4.78, 5) is 48.7. The number of nitrogens with one attached hydrogen (secondary N) is 1. The molecule has 212 valence electrons. The number of nitro groups is 1. The standard InChI is InChI=1S/C27H23N3O9S2/c1-16-8-9-17(2)19(12-16)28-25(31)15-29-26(32)23(40-27(29)33)14-18-10-11-21(22(13-18)38-3)39-41(36,37)24-7-5-4-6-20(24)30(34)35/h4-14H,15H2,1-3H3,(H,28,31)/b23-14-.